The van der Waals surface area contributed by atoms with Crippen molar-refractivity contribution >= 4 is 16.9 Å². The third-order valence-corrected chi connectivity index (χ3v) is 5.57. The van der Waals surface area contributed by atoms with Crippen molar-refractivity contribution in [1.29, 1.82) is 0 Å². The molecule has 0 amide bonds. The van der Waals surface area contributed by atoms with Crippen LogP contribution in [0.2, 0.25) is 0 Å². The molecule has 3 unspecified atom stereocenters. The number of hydrogen-bond acceptors (Lipinski definition) is 5. The second kappa shape index (κ2) is 6.67. The topological polar surface area (TPSA) is 36.9 Å². The standard InChI is InChI=1S/C15H27N3OS/c1-11(2)6-14-8-17-15(20-14)16-7-13-9-18-5-3-4-12(18)10-19-13/h11-14H,3-10H2,1-2H3,(H,16,17). The minimum absolute atomic E-state index is 0.330. The first-order chi connectivity index (χ1) is 9.70. The largest absolute Gasteiger partial charge is 0.373 e. The van der Waals surface area contributed by atoms with Gasteiger partial charge in [-0.1, -0.05) is 25.6 Å². The molecular formula is C15H27N3OS. The average Bonchev–Trinajstić information content (AvgIpc) is 3.03. The summed E-state index contributed by atoms with van der Waals surface area (Å²) in [6.07, 6.45) is 4.25. The summed E-state index contributed by atoms with van der Waals surface area (Å²) < 4.78 is 5.97. The SMILES string of the molecule is CC(C)CC1CN=C(NCC2CN3CCCC3CO2)S1. The van der Waals surface area contributed by atoms with Gasteiger partial charge >= 0.3 is 0 Å². The second-order valence-electron chi connectivity index (χ2n) is 6.64. The van der Waals surface area contributed by atoms with E-state index in [4.69, 9.17) is 4.74 Å². The Kier molecular flexibility index (Phi) is 4.89. The number of fused-ring (bicyclic) bond motifs is 1. The Morgan fingerprint density at radius 2 is 2.40 bits per heavy atom. The molecule has 3 aliphatic heterocycles. The van der Waals surface area contributed by atoms with Crippen molar-refractivity contribution in [2.24, 2.45) is 10.9 Å². The first-order valence-electron chi connectivity index (χ1n) is 8.01. The van der Waals surface area contributed by atoms with Gasteiger partial charge in [0, 0.05) is 24.4 Å². The summed E-state index contributed by atoms with van der Waals surface area (Å²) in [5.74, 6) is 0.760. The quantitative estimate of drug-likeness (QED) is 0.860. The van der Waals surface area contributed by atoms with E-state index in [2.05, 4.69) is 29.1 Å². The highest BCUT2D eigenvalue weighted by molar-refractivity contribution is 8.14. The predicted molar refractivity (Wildman–Crippen MR) is 85.5 cm³/mol. The van der Waals surface area contributed by atoms with Crippen LogP contribution in [0.15, 0.2) is 4.99 Å². The zero-order valence-corrected chi connectivity index (χ0v) is 13.5. The van der Waals surface area contributed by atoms with Crippen molar-refractivity contribution in [2.75, 3.05) is 32.8 Å². The minimum Gasteiger partial charge on any atom is -0.373 e. The second-order valence-corrected chi connectivity index (χ2v) is 7.93. The fourth-order valence-electron chi connectivity index (χ4n) is 3.37. The van der Waals surface area contributed by atoms with Gasteiger partial charge < -0.3 is 10.1 Å². The van der Waals surface area contributed by atoms with Gasteiger partial charge in [0.15, 0.2) is 5.17 Å². The maximum Gasteiger partial charge on any atom is 0.157 e. The number of nitrogens with one attached hydrogen (secondary N) is 1. The van der Waals surface area contributed by atoms with Gasteiger partial charge in [0.1, 0.15) is 0 Å². The molecule has 4 nitrogen and oxygen atoms in total. The zero-order chi connectivity index (χ0) is 13.9. The Morgan fingerprint density at radius 3 is 3.25 bits per heavy atom. The summed E-state index contributed by atoms with van der Waals surface area (Å²) in [6.45, 7) is 9.72. The van der Waals surface area contributed by atoms with Crippen LogP contribution in [0.3, 0.4) is 0 Å². The first-order valence-corrected chi connectivity index (χ1v) is 8.89. The van der Waals surface area contributed by atoms with E-state index in [1.807, 2.05) is 11.8 Å². The Hall–Kier alpha value is -0.260. The van der Waals surface area contributed by atoms with Gasteiger partial charge in [0.25, 0.3) is 0 Å². The lowest BCUT2D eigenvalue weighted by atomic mass is 10.1. The maximum atomic E-state index is 5.97. The van der Waals surface area contributed by atoms with E-state index in [1.165, 1.54) is 25.8 Å². The molecule has 2 saturated heterocycles. The number of amidine groups is 1. The summed E-state index contributed by atoms with van der Waals surface area (Å²) in [5, 5.41) is 5.30. The lowest BCUT2D eigenvalue weighted by Crippen LogP contribution is -2.49. The van der Waals surface area contributed by atoms with Gasteiger partial charge in [-0.05, 0) is 31.7 Å². The van der Waals surface area contributed by atoms with Crippen molar-refractivity contribution in [1.82, 2.24) is 10.2 Å². The number of nitrogens with zero attached hydrogens (tertiary/aromatic N) is 2. The van der Waals surface area contributed by atoms with Crippen LogP contribution in [0.5, 0.6) is 0 Å². The number of thioether (sulfide) groups is 1. The van der Waals surface area contributed by atoms with Gasteiger partial charge in [-0.15, -0.1) is 0 Å². The summed E-state index contributed by atoms with van der Waals surface area (Å²) >= 11 is 1.92. The maximum absolute atomic E-state index is 5.97. The molecule has 0 saturated carbocycles. The third-order valence-electron chi connectivity index (χ3n) is 4.39. The molecule has 0 aliphatic carbocycles. The van der Waals surface area contributed by atoms with Crippen LogP contribution in [0.1, 0.15) is 33.1 Å². The van der Waals surface area contributed by atoms with Crippen molar-refractivity contribution in [3.05, 3.63) is 0 Å². The minimum atomic E-state index is 0.330. The Balaban J connectivity index is 1.38. The van der Waals surface area contributed by atoms with E-state index in [0.717, 1.165) is 37.3 Å². The van der Waals surface area contributed by atoms with E-state index >= 15 is 0 Å². The predicted octanol–water partition coefficient (Wildman–Crippen LogP) is 1.96. The molecule has 3 aliphatic rings. The molecule has 3 atom stereocenters. The van der Waals surface area contributed by atoms with Gasteiger partial charge in [-0.25, -0.2) is 0 Å². The lowest BCUT2D eigenvalue weighted by Gasteiger charge is -2.35. The van der Waals surface area contributed by atoms with E-state index in [-0.39, 0.29) is 0 Å². The highest BCUT2D eigenvalue weighted by Gasteiger charge is 2.32. The number of rotatable bonds is 4. The molecule has 0 aromatic rings. The molecule has 2 fully saturated rings. The normalized spacial score (nSPS) is 34.4. The Morgan fingerprint density at radius 1 is 1.50 bits per heavy atom. The van der Waals surface area contributed by atoms with Crippen LogP contribution in [0, 0.1) is 5.92 Å². The van der Waals surface area contributed by atoms with Crippen LogP contribution in [0.25, 0.3) is 0 Å². The molecule has 20 heavy (non-hydrogen) atoms. The van der Waals surface area contributed by atoms with Gasteiger partial charge in [0.05, 0.1) is 19.3 Å². The van der Waals surface area contributed by atoms with E-state index in [9.17, 15) is 0 Å². The number of aliphatic imine (C=N–C) groups is 1. The first kappa shape index (κ1) is 14.7. The van der Waals surface area contributed by atoms with Crippen LogP contribution >= 0.6 is 11.8 Å². The van der Waals surface area contributed by atoms with E-state index in [0.29, 0.717) is 17.4 Å². The van der Waals surface area contributed by atoms with Crippen LogP contribution in [0.4, 0.5) is 0 Å². The average molecular weight is 297 g/mol. The molecule has 5 heteroatoms. The molecule has 114 valence electrons. The summed E-state index contributed by atoms with van der Waals surface area (Å²) in [7, 11) is 0. The monoisotopic (exact) mass is 297 g/mol. The Labute approximate surface area is 126 Å². The Bertz CT molecular complexity index is 361. The third kappa shape index (κ3) is 3.68. The molecule has 3 heterocycles. The summed E-state index contributed by atoms with van der Waals surface area (Å²) in [4.78, 5) is 7.22. The van der Waals surface area contributed by atoms with Gasteiger partial charge in [-0.3, -0.25) is 9.89 Å². The van der Waals surface area contributed by atoms with Crippen molar-refractivity contribution in [3.8, 4) is 0 Å². The molecule has 0 aromatic carbocycles. The van der Waals surface area contributed by atoms with E-state index in [1.54, 1.807) is 0 Å². The van der Waals surface area contributed by atoms with Crippen molar-refractivity contribution in [2.45, 2.75) is 50.5 Å². The zero-order valence-electron chi connectivity index (χ0n) is 12.7. The van der Waals surface area contributed by atoms with Crippen LogP contribution < -0.4 is 5.32 Å². The number of ether oxygens (including phenoxy) is 1. The molecule has 0 aromatic heterocycles. The highest BCUT2D eigenvalue weighted by atomic mass is 32.2. The van der Waals surface area contributed by atoms with Gasteiger partial charge in [0.2, 0.25) is 0 Å². The molecular weight excluding hydrogens is 270 g/mol. The molecule has 1 N–H and O–H groups in total. The van der Waals surface area contributed by atoms with E-state index < -0.39 is 0 Å². The summed E-state index contributed by atoms with van der Waals surface area (Å²) in [6, 6.07) is 0.694. The van der Waals surface area contributed by atoms with Crippen molar-refractivity contribution < 1.29 is 4.74 Å². The summed E-state index contributed by atoms with van der Waals surface area (Å²) in [5.41, 5.74) is 0. The van der Waals surface area contributed by atoms with Gasteiger partial charge in [-0.2, -0.15) is 0 Å². The smallest absolute Gasteiger partial charge is 0.157 e. The highest BCUT2D eigenvalue weighted by Crippen LogP contribution is 2.26. The number of morpholine rings is 1. The number of hydrogen-bond donors (Lipinski definition) is 1. The molecule has 0 bridgehead atoms. The fourth-order valence-corrected chi connectivity index (χ4v) is 4.64. The molecule has 0 spiro atoms. The molecule has 0 radical (unpaired) electrons. The van der Waals surface area contributed by atoms with Crippen LogP contribution in [-0.4, -0.2) is 60.2 Å². The molecule has 3 rings (SSSR count). The van der Waals surface area contributed by atoms with Crippen molar-refractivity contribution in [3.63, 3.8) is 0 Å². The fraction of sp³-hybridized carbons (Fsp3) is 0.933. The lowest BCUT2D eigenvalue weighted by molar-refractivity contribution is -0.0451. The van der Waals surface area contributed by atoms with Crippen LogP contribution in [-0.2, 0) is 4.74 Å².